The molecule has 2 rings (SSSR count). The number of imidazole rings is 1. The minimum atomic E-state index is 0.739. The Balaban J connectivity index is 1.83. The highest BCUT2D eigenvalue weighted by Gasteiger charge is 1.96. The van der Waals surface area contributed by atoms with Gasteiger partial charge in [-0.2, -0.15) is 0 Å². The van der Waals surface area contributed by atoms with Crippen LogP contribution < -0.4 is 5.32 Å². The molecule has 2 aromatic heterocycles. The summed E-state index contributed by atoms with van der Waals surface area (Å²) in [5.74, 6) is 0.947. The van der Waals surface area contributed by atoms with Crippen molar-refractivity contribution in [1.29, 1.82) is 0 Å². The first-order chi connectivity index (χ1) is 7.34. The van der Waals surface area contributed by atoms with Gasteiger partial charge in [-0.25, -0.2) is 4.98 Å². The van der Waals surface area contributed by atoms with Crippen molar-refractivity contribution >= 4 is 0 Å². The predicted molar refractivity (Wildman–Crippen MR) is 58.1 cm³/mol. The fraction of sp³-hybridized carbons (Fsp3) is 0.273. The summed E-state index contributed by atoms with van der Waals surface area (Å²) >= 11 is 0. The van der Waals surface area contributed by atoms with Crippen LogP contribution >= 0.6 is 0 Å². The molecule has 4 heteroatoms. The maximum absolute atomic E-state index is 4.40. The largest absolute Gasteiger partial charge is 0.348 e. The van der Waals surface area contributed by atoms with Gasteiger partial charge in [0.05, 0.1) is 12.2 Å². The Morgan fingerprint density at radius 2 is 2.27 bits per heavy atom. The zero-order valence-electron chi connectivity index (χ0n) is 8.70. The van der Waals surface area contributed by atoms with Crippen LogP contribution in [0, 0.1) is 6.92 Å². The number of aromatic nitrogens is 3. The van der Waals surface area contributed by atoms with Gasteiger partial charge in [0.1, 0.15) is 5.82 Å². The lowest BCUT2D eigenvalue weighted by molar-refractivity contribution is 0.656. The van der Waals surface area contributed by atoms with E-state index in [1.807, 2.05) is 31.3 Å². The van der Waals surface area contributed by atoms with Crippen LogP contribution in [0.3, 0.4) is 0 Å². The molecular formula is C11H14N4. The number of aryl methyl sites for hydroxylation is 1. The van der Waals surface area contributed by atoms with Crippen molar-refractivity contribution in [2.24, 2.45) is 0 Å². The van der Waals surface area contributed by atoms with Crippen molar-refractivity contribution < 1.29 is 0 Å². The molecule has 0 fully saturated rings. The van der Waals surface area contributed by atoms with E-state index in [1.54, 1.807) is 6.20 Å². The van der Waals surface area contributed by atoms with Crippen LogP contribution in [-0.4, -0.2) is 15.0 Å². The van der Waals surface area contributed by atoms with Crippen molar-refractivity contribution in [3.8, 4) is 0 Å². The molecule has 0 aliphatic rings. The first-order valence-corrected chi connectivity index (χ1v) is 4.96. The van der Waals surface area contributed by atoms with Crippen LogP contribution in [0.1, 0.15) is 17.2 Å². The van der Waals surface area contributed by atoms with E-state index < -0.39 is 0 Å². The third-order valence-electron chi connectivity index (χ3n) is 2.10. The molecule has 2 aromatic rings. The maximum Gasteiger partial charge on any atom is 0.120 e. The Morgan fingerprint density at radius 1 is 1.33 bits per heavy atom. The van der Waals surface area contributed by atoms with Crippen LogP contribution in [0.15, 0.2) is 30.6 Å². The van der Waals surface area contributed by atoms with Gasteiger partial charge in [-0.15, -0.1) is 0 Å². The summed E-state index contributed by atoms with van der Waals surface area (Å²) in [6.45, 7) is 3.50. The third kappa shape index (κ3) is 2.89. The van der Waals surface area contributed by atoms with Crippen LogP contribution in [0.4, 0.5) is 0 Å². The van der Waals surface area contributed by atoms with Gasteiger partial charge in [-0.05, 0) is 19.1 Å². The molecule has 0 radical (unpaired) electrons. The van der Waals surface area contributed by atoms with Gasteiger partial charge in [0.15, 0.2) is 0 Å². The van der Waals surface area contributed by atoms with Gasteiger partial charge < -0.3 is 10.3 Å². The Bertz CT molecular complexity index is 408. The Kier molecular flexibility index (Phi) is 3.09. The number of nitrogens with one attached hydrogen (secondary N) is 2. The quantitative estimate of drug-likeness (QED) is 0.788. The van der Waals surface area contributed by atoms with E-state index in [4.69, 9.17) is 0 Å². The molecule has 0 aliphatic carbocycles. The van der Waals surface area contributed by atoms with Crippen LogP contribution in [0.5, 0.6) is 0 Å². The fourth-order valence-corrected chi connectivity index (χ4v) is 1.40. The van der Waals surface area contributed by atoms with Crippen molar-refractivity contribution in [3.05, 3.63) is 47.8 Å². The average molecular weight is 202 g/mol. The van der Waals surface area contributed by atoms with Crippen LogP contribution in [0.2, 0.25) is 0 Å². The second-order valence-electron chi connectivity index (χ2n) is 3.41. The molecule has 2 N–H and O–H groups in total. The maximum atomic E-state index is 4.40. The van der Waals surface area contributed by atoms with Gasteiger partial charge in [0.2, 0.25) is 0 Å². The highest BCUT2D eigenvalue weighted by atomic mass is 15.0. The Hall–Kier alpha value is -1.68. The SMILES string of the molecule is Cc1cccc(CNCc2ncc[nH]2)n1. The smallest absolute Gasteiger partial charge is 0.120 e. The van der Waals surface area contributed by atoms with Crippen molar-refractivity contribution in [2.75, 3.05) is 0 Å². The molecule has 0 unspecified atom stereocenters. The first kappa shape index (κ1) is 9.86. The molecule has 78 valence electrons. The summed E-state index contributed by atoms with van der Waals surface area (Å²) in [6.07, 6.45) is 3.57. The van der Waals surface area contributed by atoms with Crippen molar-refractivity contribution in [1.82, 2.24) is 20.3 Å². The number of nitrogens with zero attached hydrogens (tertiary/aromatic N) is 2. The lowest BCUT2D eigenvalue weighted by Crippen LogP contribution is -2.14. The van der Waals surface area contributed by atoms with E-state index in [0.29, 0.717) is 0 Å². The zero-order chi connectivity index (χ0) is 10.5. The highest BCUT2D eigenvalue weighted by molar-refractivity contribution is 5.09. The molecule has 4 nitrogen and oxygen atoms in total. The molecule has 0 saturated carbocycles. The molecule has 0 aromatic carbocycles. The summed E-state index contributed by atoms with van der Waals surface area (Å²) in [6, 6.07) is 6.03. The number of hydrogen-bond acceptors (Lipinski definition) is 3. The molecule has 0 atom stereocenters. The summed E-state index contributed by atoms with van der Waals surface area (Å²) in [4.78, 5) is 11.6. The van der Waals surface area contributed by atoms with E-state index in [1.165, 1.54) is 0 Å². The van der Waals surface area contributed by atoms with E-state index >= 15 is 0 Å². The van der Waals surface area contributed by atoms with Gasteiger partial charge in [0, 0.05) is 24.6 Å². The van der Waals surface area contributed by atoms with E-state index in [0.717, 1.165) is 30.3 Å². The minimum absolute atomic E-state index is 0.739. The summed E-state index contributed by atoms with van der Waals surface area (Å²) in [5, 5.41) is 3.28. The summed E-state index contributed by atoms with van der Waals surface area (Å²) in [7, 11) is 0. The van der Waals surface area contributed by atoms with Crippen LogP contribution in [-0.2, 0) is 13.1 Å². The normalized spacial score (nSPS) is 10.5. The van der Waals surface area contributed by atoms with Gasteiger partial charge >= 0.3 is 0 Å². The molecule has 15 heavy (non-hydrogen) atoms. The first-order valence-electron chi connectivity index (χ1n) is 4.96. The number of H-pyrrole nitrogens is 1. The Morgan fingerprint density at radius 3 is 3.00 bits per heavy atom. The lowest BCUT2D eigenvalue weighted by atomic mass is 10.3. The van der Waals surface area contributed by atoms with Gasteiger partial charge in [-0.3, -0.25) is 4.98 Å². The van der Waals surface area contributed by atoms with E-state index in [-0.39, 0.29) is 0 Å². The fourth-order valence-electron chi connectivity index (χ4n) is 1.40. The standard InChI is InChI=1S/C11H14N4/c1-9-3-2-4-10(15-9)7-12-8-11-13-5-6-14-11/h2-6,12H,7-8H2,1H3,(H,13,14). The minimum Gasteiger partial charge on any atom is -0.348 e. The van der Waals surface area contributed by atoms with Crippen LogP contribution in [0.25, 0.3) is 0 Å². The van der Waals surface area contributed by atoms with E-state index in [9.17, 15) is 0 Å². The number of pyridine rings is 1. The molecule has 0 amide bonds. The molecule has 2 heterocycles. The van der Waals surface area contributed by atoms with Crippen molar-refractivity contribution in [3.63, 3.8) is 0 Å². The van der Waals surface area contributed by atoms with Gasteiger partial charge in [-0.1, -0.05) is 6.07 Å². The van der Waals surface area contributed by atoms with Gasteiger partial charge in [0.25, 0.3) is 0 Å². The monoisotopic (exact) mass is 202 g/mol. The molecule has 0 aliphatic heterocycles. The number of hydrogen-bond donors (Lipinski definition) is 2. The molecule has 0 spiro atoms. The second kappa shape index (κ2) is 4.70. The summed E-state index contributed by atoms with van der Waals surface area (Å²) in [5.41, 5.74) is 2.11. The average Bonchev–Trinajstić information content (AvgIpc) is 2.71. The predicted octanol–water partition coefficient (Wildman–Crippen LogP) is 1.40. The highest BCUT2D eigenvalue weighted by Crippen LogP contribution is 1.97. The zero-order valence-corrected chi connectivity index (χ0v) is 8.70. The number of rotatable bonds is 4. The molecule has 0 bridgehead atoms. The Labute approximate surface area is 88.8 Å². The third-order valence-corrected chi connectivity index (χ3v) is 2.10. The summed E-state index contributed by atoms with van der Waals surface area (Å²) < 4.78 is 0. The topological polar surface area (TPSA) is 53.6 Å². The van der Waals surface area contributed by atoms with Crippen molar-refractivity contribution in [2.45, 2.75) is 20.0 Å². The second-order valence-corrected chi connectivity index (χ2v) is 3.41. The molecule has 0 saturated heterocycles. The lowest BCUT2D eigenvalue weighted by Gasteiger charge is -2.02. The number of aromatic amines is 1. The molecular weight excluding hydrogens is 188 g/mol. The van der Waals surface area contributed by atoms with E-state index in [2.05, 4.69) is 20.3 Å².